The number of halogens is 3. The predicted octanol–water partition coefficient (Wildman–Crippen LogP) is 3.38. The Bertz CT molecular complexity index is 382. The van der Waals surface area contributed by atoms with Gasteiger partial charge in [-0.2, -0.15) is 13.2 Å². The van der Waals surface area contributed by atoms with Gasteiger partial charge >= 0.3 is 6.18 Å². The molecule has 94 valence electrons. The number of rotatable bonds is 3. The van der Waals surface area contributed by atoms with Crippen molar-refractivity contribution in [2.75, 3.05) is 0 Å². The van der Waals surface area contributed by atoms with Gasteiger partial charge in [0.25, 0.3) is 0 Å². The van der Waals surface area contributed by atoms with Crippen molar-refractivity contribution in [3.05, 3.63) is 35.4 Å². The Morgan fingerprint density at radius 1 is 1.29 bits per heavy atom. The van der Waals surface area contributed by atoms with E-state index in [0.717, 1.165) is 18.9 Å². The second-order valence-corrected chi connectivity index (χ2v) is 4.76. The third-order valence-electron chi connectivity index (χ3n) is 3.48. The molecule has 0 aliphatic heterocycles. The Morgan fingerprint density at radius 2 is 2.00 bits per heavy atom. The van der Waals surface area contributed by atoms with Crippen LogP contribution >= 0.6 is 0 Å². The zero-order valence-corrected chi connectivity index (χ0v) is 9.50. The van der Waals surface area contributed by atoms with E-state index in [-0.39, 0.29) is 6.04 Å². The van der Waals surface area contributed by atoms with E-state index in [4.69, 9.17) is 5.73 Å². The van der Waals surface area contributed by atoms with Crippen molar-refractivity contribution in [1.29, 1.82) is 0 Å². The third kappa shape index (κ3) is 3.00. The Morgan fingerprint density at radius 3 is 2.53 bits per heavy atom. The van der Waals surface area contributed by atoms with Gasteiger partial charge in [0.2, 0.25) is 0 Å². The summed E-state index contributed by atoms with van der Waals surface area (Å²) in [7, 11) is 0. The van der Waals surface area contributed by atoms with Crippen molar-refractivity contribution < 1.29 is 13.2 Å². The number of hydrogen-bond acceptors (Lipinski definition) is 1. The molecular formula is C13H16F3N. The zero-order chi connectivity index (χ0) is 12.5. The molecule has 0 spiro atoms. The maximum atomic E-state index is 12.5. The molecular weight excluding hydrogens is 227 g/mol. The first-order valence-corrected chi connectivity index (χ1v) is 5.88. The normalized spacial score (nSPS) is 18.8. The molecule has 0 bridgehead atoms. The summed E-state index contributed by atoms with van der Waals surface area (Å²) in [5.74, 6) is 0.490. The van der Waals surface area contributed by atoms with E-state index < -0.39 is 11.7 Å². The molecule has 1 aliphatic carbocycles. The lowest BCUT2D eigenvalue weighted by Gasteiger charge is -2.31. The number of benzene rings is 1. The fraction of sp³-hybridized carbons (Fsp3) is 0.538. The highest BCUT2D eigenvalue weighted by Gasteiger charge is 2.31. The molecule has 1 atom stereocenters. The van der Waals surface area contributed by atoms with E-state index in [0.29, 0.717) is 17.9 Å². The summed E-state index contributed by atoms with van der Waals surface area (Å²) >= 11 is 0. The molecule has 0 saturated heterocycles. The first-order chi connectivity index (χ1) is 7.97. The molecule has 1 aromatic carbocycles. The van der Waals surface area contributed by atoms with E-state index in [9.17, 15) is 13.2 Å². The van der Waals surface area contributed by atoms with E-state index in [1.165, 1.54) is 18.6 Å². The molecule has 17 heavy (non-hydrogen) atoms. The van der Waals surface area contributed by atoms with Crippen LogP contribution in [0.3, 0.4) is 0 Å². The molecule has 0 aromatic heterocycles. The summed E-state index contributed by atoms with van der Waals surface area (Å²) < 4.78 is 37.5. The van der Waals surface area contributed by atoms with Gasteiger partial charge in [-0.05, 0) is 36.8 Å². The highest BCUT2D eigenvalue weighted by molar-refractivity contribution is 5.26. The maximum Gasteiger partial charge on any atom is 0.416 e. The molecule has 2 rings (SSSR count). The molecule has 0 radical (unpaired) electrons. The van der Waals surface area contributed by atoms with Crippen LogP contribution in [0.15, 0.2) is 24.3 Å². The molecule has 1 nitrogen and oxygen atoms in total. The fourth-order valence-corrected chi connectivity index (χ4v) is 2.18. The average molecular weight is 243 g/mol. The van der Waals surface area contributed by atoms with E-state index >= 15 is 0 Å². The Balaban J connectivity index is 2.05. The molecule has 4 heteroatoms. The summed E-state index contributed by atoms with van der Waals surface area (Å²) in [6.07, 6.45) is -0.313. The van der Waals surface area contributed by atoms with Gasteiger partial charge in [0.1, 0.15) is 0 Å². The standard InChI is InChI=1S/C13H16F3N/c14-13(15,16)11-6-1-3-9(7-11)8-12(17)10-4-2-5-10/h1,3,6-7,10,12H,2,4-5,8,17H2. The topological polar surface area (TPSA) is 26.0 Å². The number of alkyl halides is 3. The van der Waals surface area contributed by atoms with E-state index in [2.05, 4.69) is 0 Å². The van der Waals surface area contributed by atoms with Gasteiger partial charge in [-0.1, -0.05) is 24.6 Å². The first-order valence-electron chi connectivity index (χ1n) is 5.88. The highest BCUT2D eigenvalue weighted by Crippen LogP contribution is 2.32. The summed E-state index contributed by atoms with van der Waals surface area (Å²) in [6, 6.07) is 5.46. The zero-order valence-electron chi connectivity index (χ0n) is 9.50. The summed E-state index contributed by atoms with van der Waals surface area (Å²) in [4.78, 5) is 0. The molecule has 2 N–H and O–H groups in total. The van der Waals surface area contributed by atoms with Crippen molar-refractivity contribution in [2.45, 2.75) is 37.9 Å². The van der Waals surface area contributed by atoms with Crippen molar-refractivity contribution in [1.82, 2.24) is 0 Å². The lowest BCUT2D eigenvalue weighted by Crippen LogP contribution is -2.36. The lowest BCUT2D eigenvalue weighted by molar-refractivity contribution is -0.137. The second-order valence-electron chi connectivity index (χ2n) is 4.76. The number of hydrogen-bond donors (Lipinski definition) is 1. The smallest absolute Gasteiger partial charge is 0.327 e. The van der Waals surface area contributed by atoms with Crippen LogP contribution < -0.4 is 5.73 Å². The molecule has 1 aliphatic rings. The average Bonchev–Trinajstić information content (AvgIpc) is 2.13. The molecule has 1 aromatic rings. The van der Waals surface area contributed by atoms with Gasteiger partial charge in [0.15, 0.2) is 0 Å². The minimum absolute atomic E-state index is 0.00719. The van der Waals surface area contributed by atoms with Gasteiger partial charge in [-0.3, -0.25) is 0 Å². The first kappa shape index (κ1) is 12.4. The van der Waals surface area contributed by atoms with Crippen LogP contribution in [0.2, 0.25) is 0 Å². The quantitative estimate of drug-likeness (QED) is 0.865. The van der Waals surface area contributed by atoms with Crippen LogP contribution in [0.5, 0.6) is 0 Å². The molecule has 1 unspecified atom stereocenters. The summed E-state index contributed by atoms with van der Waals surface area (Å²) in [6.45, 7) is 0. The minimum atomic E-state index is -4.27. The van der Waals surface area contributed by atoms with Crippen LogP contribution in [0.25, 0.3) is 0 Å². The Hall–Kier alpha value is -1.03. The van der Waals surface area contributed by atoms with Crippen molar-refractivity contribution >= 4 is 0 Å². The van der Waals surface area contributed by atoms with Crippen LogP contribution in [-0.4, -0.2) is 6.04 Å². The third-order valence-corrected chi connectivity index (χ3v) is 3.48. The Kier molecular flexibility index (Phi) is 3.43. The monoisotopic (exact) mass is 243 g/mol. The van der Waals surface area contributed by atoms with Crippen LogP contribution in [0.1, 0.15) is 30.4 Å². The van der Waals surface area contributed by atoms with Gasteiger partial charge in [0, 0.05) is 6.04 Å². The molecule has 1 fully saturated rings. The largest absolute Gasteiger partial charge is 0.416 e. The Labute approximate surface area is 98.8 Å². The van der Waals surface area contributed by atoms with Crippen molar-refractivity contribution in [3.63, 3.8) is 0 Å². The van der Waals surface area contributed by atoms with Gasteiger partial charge < -0.3 is 5.73 Å². The predicted molar refractivity (Wildman–Crippen MR) is 60.5 cm³/mol. The van der Waals surface area contributed by atoms with Crippen molar-refractivity contribution in [2.24, 2.45) is 11.7 Å². The second kappa shape index (κ2) is 4.69. The lowest BCUT2D eigenvalue weighted by atomic mass is 9.78. The number of nitrogens with two attached hydrogens (primary N) is 1. The van der Waals surface area contributed by atoms with Crippen LogP contribution in [-0.2, 0) is 12.6 Å². The van der Waals surface area contributed by atoms with Gasteiger partial charge in [-0.15, -0.1) is 0 Å². The maximum absolute atomic E-state index is 12.5. The fourth-order valence-electron chi connectivity index (χ4n) is 2.18. The SMILES string of the molecule is NC(Cc1cccc(C(F)(F)F)c1)C1CCC1. The summed E-state index contributed by atoms with van der Waals surface area (Å²) in [5, 5.41) is 0. The van der Waals surface area contributed by atoms with Crippen LogP contribution in [0.4, 0.5) is 13.2 Å². The van der Waals surface area contributed by atoms with E-state index in [1.807, 2.05) is 0 Å². The van der Waals surface area contributed by atoms with Gasteiger partial charge in [0.05, 0.1) is 5.56 Å². The minimum Gasteiger partial charge on any atom is -0.327 e. The molecule has 0 amide bonds. The van der Waals surface area contributed by atoms with Crippen LogP contribution in [0, 0.1) is 5.92 Å². The summed E-state index contributed by atoms with van der Waals surface area (Å²) in [5.41, 5.74) is 6.08. The van der Waals surface area contributed by atoms with E-state index in [1.54, 1.807) is 6.07 Å². The molecule has 1 saturated carbocycles. The highest BCUT2D eigenvalue weighted by atomic mass is 19.4. The van der Waals surface area contributed by atoms with Crippen molar-refractivity contribution in [3.8, 4) is 0 Å². The van der Waals surface area contributed by atoms with Gasteiger partial charge in [-0.25, -0.2) is 0 Å². The molecule has 0 heterocycles.